The van der Waals surface area contributed by atoms with Crippen molar-refractivity contribution in [1.29, 1.82) is 0 Å². The van der Waals surface area contributed by atoms with E-state index in [1.165, 1.54) is 20.3 Å². The molecule has 1 amide bonds. The van der Waals surface area contributed by atoms with E-state index in [-0.39, 0.29) is 11.5 Å². The zero-order chi connectivity index (χ0) is 31.1. The lowest BCUT2D eigenvalue weighted by atomic mass is 10.0. The van der Waals surface area contributed by atoms with E-state index in [0.29, 0.717) is 70.0 Å². The minimum Gasteiger partial charge on any atom is -0.497 e. The summed E-state index contributed by atoms with van der Waals surface area (Å²) in [6, 6.07) is 8.66. The number of amides is 1. The van der Waals surface area contributed by atoms with Gasteiger partial charge in [0.05, 0.1) is 32.5 Å². The van der Waals surface area contributed by atoms with Gasteiger partial charge >= 0.3 is 0 Å². The van der Waals surface area contributed by atoms with Gasteiger partial charge in [-0.3, -0.25) is 19.1 Å². The van der Waals surface area contributed by atoms with Crippen LogP contribution >= 0.6 is 11.6 Å². The maximum Gasteiger partial charge on any atom is 0.260 e. The van der Waals surface area contributed by atoms with E-state index in [1.54, 1.807) is 41.2 Å². The quantitative estimate of drug-likeness (QED) is 0.227. The molecule has 230 valence electrons. The second-order valence-electron chi connectivity index (χ2n) is 10.1. The summed E-state index contributed by atoms with van der Waals surface area (Å²) in [5.74, 6) is 1.38. The van der Waals surface area contributed by atoms with Crippen molar-refractivity contribution in [3.05, 3.63) is 76.3 Å². The Morgan fingerprint density at radius 3 is 2.61 bits per heavy atom. The molecule has 0 spiro atoms. The van der Waals surface area contributed by atoms with Gasteiger partial charge in [-0.1, -0.05) is 24.2 Å². The van der Waals surface area contributed by atoms with Crippen LogP contribution in [-0.4, -0.2) is 83.9 Å². The first-order chi connectivity index (χ1) is 21.4. The van der Waals surface area contributed by atoms with Crippen LogP contribution in [0.3, 0.4) is 0 Å². The van der Waals surface area contributed by atoms with Gasteiger partial charge in [-0.05, 0) is 36.3 Å². The van der Waals surface area contributed by atoms with Crippen LogP contribution in [-0.2, 0) is 22.5 Å². The zero-order valence-corrected chi connectivity index (χ0v) is 25.4. The molecule has 12 nitrogen and oxygen atoms in total. The van der Waals surface area contributed by atoms with Crippen LogP contribution in [0, 0.1) is 0 Å². The van der Waals surface area contributed by atoms with Crippen molar-refractivity contribution in [3.63, 3.8) is 0 Å². The lowest BCUT2D eigenvalue weighted by molar-refractivity contribution is -0.111. The van der Waals surface area contributed by atoms with Crippen molar-refractivity contribution < 1.29 is 19.0 Å². The summed E-state index contributed by atoms with van der Waals surface area (Å²) in [5, 5.41) is 6.88. The van der Waals surface area contributed by atoms with Gasteiger partial charge in [-0.15, -0.1) is 0 Å². The normalized spacial score (nSPS) is 13.4. The molecule has 0 radical (unpaired) electrons. The second-order valence-corrected chi connectivity index (χ2v) is 10.4. The predicted molar refractivity (Wildman–Crippen MR) is 170 cm³/mol. The molecule has 1 saturated heterocycles. The summed E-state index contributed by atoms with van der Waals surface area (Å²) in [6.45, 7) is 8.45. The monoisotopic (exact) mass is 619 g/mol. The zero-order valence-electron chi connectivity index (χ0n) is 24.6. The molecule has 1 aromatic carbocycles. The van der Waals surface area contributed by atoms with E-state index in [1.807, 2.05) is 6.07 Å². The third-order valence-electron chi connectivity index (χ3n) is 7.29. The van der Waals surface area contributed by atoms with Gasteiger partial charge < -0.3 is 24.8 Å². The number of methoxy groups -OCH3 is 2. The molecule has 13 heteroatoms. The summed E-state index contributed by atoms with van der Waals surface area (Å²) < 4.78 is 17.9. The maximum absolute atomic E-state index is 14.1. The van der Waals surface area contributed by atoms with E-state index in [2.05, 4.69) is 32.1 Å². The molecule has 1 aliphatic heterocycles. The fourth-order valence-corrected chi connectivity index (χ4v) is 5.18. The van der Waals surface area contributed by atoms with Crippen LogP contribution in [0.5, 0.6) is 11.5 Å². The predicted octanol–water partition coefficient (Wildman–Crippen LogP) is 3.64. The molecule has 4 aromatic rings. The smallest absolute Gasteiger partial charge is 0.260 e. The van der Waals surface area contributed by atoms with Gasteiger partial charge in [0.25, 0.3) is 5.56 Å². The first kappa shape index (κ1) is 30.9. The van der Waals surface area contributed by atoms with Gasteiger partial charge in [-0.2, -0.15) is 4.98 Å². The largest absolute Gasteiger partial charge is 0.497 e. The number of hydrogen-bond acceptors (Lipinski definition) is 10. The number of rotatable bonds is 12. The molecule has 3 aromatic heterocycles. The summed E-state index contributed by atoms with van der Waals surface area (Å²) in [6.07, 6.45) is 5.01. The fourth-order valence-electron chi connectivity index (χ4n) is 4.89. The Morgan fingerprint density at radius 1 is 1.09 bits per heavy atom. The SMILES string of the molecule is C=CC(=O)Nc1ccc(CCn2c(=O)c(-c3cc(OC)cc(OC)c3Cl)cc3cnc(NCCN4CCOCC4)nc32)cn1. The summed E-state index contributed by atoms with van der Waals surface area (Å²) >= 11 is 6.70. The first-order valence-corrected chi connectivity index (χ1v) is 14.5. The Bertz CT molecular complexity index is 1700. The highest BCUT2D eigenvalue weighted by Gasteiger charge is 2.19. The van der Waals surface area contributed by atoms with Crippen LogP contribution in [0.2, 0.25) is 5.02 Å². The number of aryl methyl sites for hydroxylation is 2. The number of fused-ring (bicyclic) bond motifs is 1. The average Bonchev–Trinajstić information content (AvgIpc) is 3.05. The number of nitrogens with one attached hydrogen (secondary N) is 2. The second kappa shape index (κ2) is 14.3. The number of anilines is 2. The summed E-state index contributed by atoms with van der Waals surface area (Å²) in [5.41, 5.74) is 1.90. The molecule has 1 aliphatic rings. The first-order valence-electron chi connectivity index (χ1n) is 14.1. The number of benzene rings is 1. The minimum absolute atomic E-state index is 0.282. The van der Waals surface area contributed by atoms with E-state index in [9.17, 15) is 9.59 Å². The summed E-state index contributed by atoms with van der Waals surface area (Å²) in [4.78, 5) is 41.7. The van der Waals surface area contributed by atoms with Gasteiger partial charge in [0.15, 0.2) is 0 Å². The Labute approximate surface area is 259 Å². The van der Waals surface area contributed by atoms with Crippen LogP contribution < -0.4 is 25.7 Å². The highest BCUT2D eigenvalue weighted by molar-refractivity contribution is 6.35. The Balaban J connectivity index is 1.50. The Morgan fingerprint density at radius 2 is 1.91 bits per heavy atom. The van der Waals surface area contributed by atoms with E-state index in [4.69, 9.17) is 30.8 Å². The minimum atomic E-state index is -0.345. The molecule has 0 atom stereocenters. The van der Waals surface area contributed by atoms with Gasteiger partial charge in [0, 0.05) is 67.7 Å². The lowest BCUT2D eigenvalue weighted by Gasteiger charge is -2.26. The third kappa shape index (κ3) is 7.16. The topological polar surface area (TPSA) is 133 Å². The molecule has 0 saturated carbocycles. The number of aromatic nitrogens is 4. The number of hydrogen-bond donors (Lipinski definition) is 2. The third-order valence-corrected chi connectivity index (χ3v) is 7.68. The van der Waals surface area contributed by atoms with Crippen LogP contribution in [0.15, 0.2) is 60.2 Å². The molecular formula is C31H34ClN7O5. The Kier molecular flexibility index (Phi) is 10.1. The van der Waals surface area contributed by atoms with Crippen molar-refractivity contribution in [1.82, 2.24) is 24.4 Å². The molecule has 0 bridgehead atoms. The fraction of sp³-hybridized carbons (Fsp3) is 0.323. The number of morpholine rings is 1. The van der Waals surface area contributed by atoms with Crippen molar-refractivity contribution in [2.45, 2.75) is 13.0 Å². The molecule has 2 N–H and O–H groups in total. The molecule has 44 heavy (non-hydrogen) atoms. The van der Waals surface area contributed by atoms with Crippen LogP contribution in [0.25, 0.3) is 22.2 Å². The Hall–Kier alpha value is -4.52. The molecule has 4 heterocycles. The molecule has 1 fully saturated rings. The van der Waals surface area contributed by atoms with Gasteiger partial charge in [0.2, 0.25) is 11.9 Å². The van der Waals surface area contributed by atoms with Crippen molar-refractivity contribution >= 4 is 40.3 Å². The van der Waals surface area contributed by atoms with Gasteiger partial charge in [0.1, 0.15) is 23.0 Å². The number of carbonyl (C=O) groups is 1. The lowest BCUT2D eigenvalue weighted by Crippen LogP contribution is -2.39. The molecule has 0 aliphatic carbocycles. The van der Waals surface area contributed by atoms with Crippen molar-refractivity contribution in [2.75, 3.05) is 64.2 Å². The van der Waals surface area contributed by atoms with Crippen molar-refractivity contribution in [3.8, 4) is 22.6 Å². The van der Waals surface area contributed by atoms with E-state index < -0.39 is 0 Å². The highest BCUT2D eigenvalue weighted by atomic mass is 35.5. The van der Waals surface area contributed by atoms with Crippen LogP contribution in [0.1, 0.15) is 5.56 Å². The van der Waals surface area contributed by atoms with E-state index >= 15 is 0 Å². The number of pyridine rings is 2. The molecular weight excluding hydrogens is 586 g/mol. The summed E-state index contributed by atoms with van der Waals surface area (Å²) in [7, 11) is 3.04. The standard InChI is InChI=1S/C31H34ClN7O5/c1-4-27(40)36-26-6-5-20(18-34-26)7-9-39-29-21(19-35-31(37-29)33-8-10-38-11-13-44-14-12-38)15-24(30(39)41)23-16-22(42-2)17-25(43-3)28(23)32/h4-6,15-19H,1,7-14H2,2-3H3,(H,33,35,37)(H,34,36,40). The highest BCUT2D eigenvalue weighted by Crippen LogP contribution is 2.38. The van der Waals surface area contributed by atoms with E-state index in [0.717, 1.165) is 38.4 Å². The number of nitrogens with zero attached hydrogens (tertiary/aromatic N) is 5. The molecule has 0 unspecified atom stereocenters. The number of ether oxygens (including phenoxy) is 3. The maximum atomic E-state index is 14.1. The van der Waals surface area contributed by atoms with Crippen LogP contribution in [0.4, 0.5) is 11.8 Å². The average molecular weight is 620 g/mol. The van der Waals surface area contributed by atoms with Crippen molar-refractivity contribution in [2.24, 2.45) is 0 Å². The number of halogens is 1. The molecule has 5 rings (SSSR count). The number of carbonyl (C=O) groups excluding carboxylic acids is 1. The van der Waals surface area contributed by atoms with Gasteiger partial charge in [-0.25, -0.2) is 9.97 Å².